The molecule has 0 saturated carbocycles. The number of nitrogens with one attached hydrogen (secondary N) is 1. The quantitative estimate of drug-likeness (QED) is 0.812. The van der Waals surface area contributed by atoms with E-state index in [9.17, 15) is 13.2 Å². The Labute approximate surface area is 136 Å². The van der Waals surface area contributed by atoms with Crippen molar-refractivity contribution in [2.75, 3.05) is 26.4 Å². The maximum absolute atomic E-state index is 12.2. The number of pyridine rings is 1. The molecule has 0 radical (unpaired) electrons. The molecular weight excluding hydrogens is 316 g/mol. The van der Waals surface area contributed by atoms with E-state index >= 15 is 0 Å². The predicted octanol–water partition coefficient (Wildman–Crippen LogP) is -0.338. The smallest absolute Gasteiger partial charge is 0.238 e. The van der Waals surface area contributed by atoms with Crippen molar-refractivity contribution in [3.63, 3.8) is 0 Å². The van der Waals surface area contributed by atoms with Crippen LogP contribution in [0.2, 0.25) is 0 Å². The molecule has 2 aliphatic rings. The molecular formula is C15H22N4O3S. The number of nitrogens with zero attached hydrogens (tertiary/aromatic N) is 3. The molecule has 1 N–H and O–H groups in total. The van der Waals surface area contributed by atoms with Gasteiger partial charge in [-0.1, -0.05) is 6.07 Å². The Bertz CT molecular complexity index is 679. The van der Waals surface area contributed by atoms with Crippen molar-refractivity contribution >= 4 is 15.9 Å². The van der Waals surface area contributed by atoms with Gasteiger partial charge < -0.3 is 5.32 Å². The van der Waals surface area contributed by atoms with E-state index in [4.69, 9.17) is 0 Å². The van der Waals surface area contributed by atoms with E-state index in [0.717, 1.165) is 18.7 Å². The average molecular weight is 338 g/mol. The average Bonchev–Trinajstić information content (AvgIpc) is 3.03. The van der Waals surface area contributed by atoms with Gasteiger partial charge in [0.1, 0.15) is 6.04 Å². The van der Waals surface area contributed by atoms with E-state index < -0.39 is 16.1 Å². The number of likely N-dealkylation sites (N-methyl/N-ethyl adjacent to an activating group) is 1. The second-order valence-electron chi connectivity index (χ2n) is 6.34. The van der Waals surface area contributed by atoms with Crippen LogP contribution in [-0.4, -0.2) is 67.0 Å². The van der Waals surface area contributed by atoms with Crippen LogP contribution in [0, 0.1) is 5.92 Å². The van der Waals surface area contributed by atoms with Crippen molar-refractivity contribution in [3.8, 4) is 0 Å². The van der Waals surface area contributed by atoms with E-state index in [1.165, 1.54) is 10.6 Å². The van der Waals surface area contributed by atoms with Crippen molar-refractivity contribution in [1.29, 1.82) is 0 Å². The van der Waals surface area contributed by atoms with Crippen molar-refractivity contribution in [2.45, 2.75) is 25.0 Å². The van der Waals surface area contributed by atoms with Crippen LogP contribution in [0.25, 0.3) is 0 Å². The first-order chi connectivity index (χ1) is 10.9. The number of hydrogen-bond donors (Lipinski definition) is 1. The zero-order chi connectivity index (χ0) is 16.6. The fourth-order valence-electron chi connectivity index (χ4n) is 3.83. The highest BCUT2D eigenvalue weighted by atomic mass is 32.2. The molecule has 23 heavy (non-hydrogen) atoms. The third kappa shape index (κ3) is 3.24. The summed E-state index contributed by atoms with van der Waals surface area (Å²) < 4.78 is 25.8. The Morgan fingerprint density at radius 1 is 1.43 bits per heavy atom. The van der Waals surface area contributed by atoms with Gasteiger partial charge in [0.2, 0.25) is 15.9 Å². The third-order valence-electron chi connectivity index (χ3n) is 4.70. The van der Waals surface area contributed by atoms with Gasteiger partial charge in [-0.25, -0.2) is 8.42 Å². The van der Waals surface area contributed by atoms with Crippen LogP contribution in [0.1, 0.15) is 12.0 Å². The number of hydrogen-bond acceptors (Lipinski definition) is 5. The van der Waals surface area contributed by atoms with Gasteiger partial charge in [-0.15, -0.1) is 0 Å². The van der Waals surface area contributed by atoms with Crippen LogP contribution in [0.4, 0.5) is 0 Å². The number of sulfonamides is 1. The Kier molecular flexibility index (Phi) is 4.39. The summed E-state index contributed by atoms with van der Waals surface area (Å²) in [5.74, 6) is -0.0210. The topological polar surface area (TPSA) is 82.6 Å². The van der Waals surface area contributed by atoms with Gasteiger partial charge in [0.15, 0.2) is 0 Å². The van der Waals surface area contributed by atoms with Crippen molar-refractivity contribution in [1.82, 2.24) is 19.5 Å². The zero-order valence-corrected chi connectivity index (χ0v) is 14.2. The minimum atomic E-state index is -3.42. The molecule has 7 nitrogen and oxygen atoms in total. The summed E-state index contributed by atoms with van der Waals surface area (Å²) in [6.07, 6.45) is 5.34. The van der Waals surface area contributed by atoms with Gasteiger partial charge in [0, 0.05) is 45.1 Å². The van der Waals surface area contributed by atoms with Crippen LogP contribution in [0.15, 0.2) is 24.5 Å². The molecule has 8 heteroatoms. The minimum Gasteiger partial charge on any atom is -0.358 e. The van der Waals surface area contributed by atoms with E-state index in [1.807, 2.05) is 18.3 Å². The number of rotatable bonds is 4. The molecule has 1 aromatic heterocycles. The first-order valence-corrected chi connectivity index (χ1v) is 9.56. The molecule has 2 saturated heterocycles. The van der Waals surface area contributed by atoms with Crippen LogP contribution in [0.5, 0.6) is 0 Å². The lowest BCUT2D eigenvalue weighted by Crippen LogP contribution is -2.49. The molecule has 2 fully saturated rings. The zero-order valence-electron chi connectivity index (χ0n) is 13.3. The number of fused-ring (bicyclic) bond motifs is 1. The highest BCUT2D eigenvalue weighted by Crippen LogP contribution is 2.37. The lowest BCUT2D eigenvalue weighted by Gasteiger charge is -2.27. The molecule has 3 heterocycles. The second-order valence-corrected chi connectivity index (χ2v) is 8.23. The fourth-order valence-corrected chi connectivity index (χ4v) is 5.20. The van der Waals surface area contributed by atoms with Crippen LogP contribution in [-0.2, 0) is 21.4 Å². The summed E-state index contributed by atoms with van der Waals surface area (Å²) in [5, 5.41) is 2.58. The Hall–Kier alpha value is -1.51. The summed E-state index contributed by atoms with van der Waals surface area (Å²) in [6.45, 7) is 2.21. The van der Waals surface area contributed by atoms with Crippen molar-refractivity contribution in [3.05, 3.63) is 30.1 Å². The monoisotopic (exact) mass is 338 g/mol. The highest BCUT2D eigenvalue weighted by Gasteiger charge is 2.52. The molecule has 3 atom stereocenters. The van der Waals surface area contributed by atoms with Gasteiger partial charge in [0.05, 0.1) is 6.26 Å². The van der Waals surface area contributed by atoms with Gasteiger partial charge in [-0.05, 0) is 24.0 Å². The Balaban J connectivity index is 1.76. The molecule has 0 spiro atoms. The Morgan fingerprint density at radius 2 is 2.22 bits per heavy atom. The maximum Gasteiger partial charge on any atom is 0.238 e. The third-order valence-corrected chi connectivity index (χ3v) is 5.99. The summed E-state index contributed by atoms with van der Waals surface area (Å²) in [4.78, 5) is 18.4. The van der Waals surface area contributed by atoms with E-state index in [2.05, 4.69) is 15.2 Å². The summed E-state index contributed by atoms with van der Waals surface area (Å²) in [7, 11) is -1.88. The van der Waals surface area contributed by atoms with Crippen molar-refractivity contribution < 1.29 is 13.2 Å². The number of aromatic nitrogens is 1. The molecule has 1 aromatic rings. The molecule has 0 unspecified atom stereocenters. The van der Waals surface area contributed by atoms with E-state index in [-0.39, 0.29) is 17.9 Å². The highest BCUT2D eigenvalue weighted by molar-refractivity contribution is 7.88. The summed E-state index contributed by atoms with van der Waals surface area (Å²) in [6, 6.07) is 3.22. The van der Waals surface area contributed by atoms with Gasteiger partial charge in [0.25, 0.3) is 0 Å². The number of carbonyl (C=O) groups excluding carboxylic acids is 1. The molecule has 3 rings (SSSR count). The molecule has 0 bridgehead atoms. The van der Waals surface area contributed by atoms with E-state index in [0.29, 0.717) is 13.0 Å². The normalized spacial score (nSPS) is 28.7. The molecule has 0 aromatic carbocycles. The molecule has 126 valence electrons. The lowest BCUT2D eigenvalue weighted by atomic mass is 10.0. The standard InChI is InChI=1S/C15H22N4O3S/c1-16-15(20)13-6-12-9-18(8-11-4-3-5-17-7-11)10-14(12)19(13)23(2,21)22/h3-5,7,12-14H,6,8-10H2,1-2H3,(H,16,20)/t12-,13-,14+/m0/s1. The number of likely N-dealkylation sites (tertiary alicyclic amines) is 1. The molecule has 1 amide bonds. The van der Waals surface area contributed by atoms with Crippen LogP contribution < -0.4 is 5.32 Å². The number of carbonyl (C=O) groups is 1. The predicted molar refractivity (Wildman–Crippen MR) is 85.9 cm³/mol. The first-order valence-electron chi connectivity index (χ1n) is 7.71. The fraction of sp³-hybridized carbons (Fsp3) is 0.600. The van der Waals surface area contributed by atoms with Gasteiger partial charge in [-0.3, -0.25) is 14.7 Å². The minimum absolute atomic E-state index is 0.121. The summed E-state index contributed by atoms with van der Waals surface area (Å²) >= 11 is 0. The maximum atomic E-state index is 12.2. The molecule has 0 aliphatic carbocycles. The largest absolute Gasteiger partial charge is 0.358 e. The summed E-state index contributed by atoms with van der Waals surface area (Å²) in [5.41, 5.74) is 1.11. The van der Waals surface area contributed by atoms with Gasteiger partial charge >= 0.3 is 0 Å². The molecule has 2 aliphatic heterocycles. The van der Waals surface area contributed by atoms with Crippen molar-refractivity contribution in [2.24, 2.45) is 5.92 Å². The van der Waals surface area contributed by atoms with Crippen LogP contribution in [0.3, 0.4) is 0 Å². The SMILES string of the molecule is CNC(=O)[C@@H]1C[C@H]2CN(Cc3cccnc3)C[C@H]2N1S(C)(=O)=O. The number of amides is 1. The van der Waals surface area contributed by atoms with Crippen LogP contribution >= 0.6 is 0 Å². The first kappa shape index (κ1) is 16.4. The second kappa shape index (κ2) is 6.18. The lowest BCUT2D eigenvalue weighted by molar-refractivity contribution is -0.124. The Morgan fingerprint density at radius 3 is 2.83 bits per heavy atom. The van der Waals surface area contributed by atoms with Gasteiger partial charge in [-0.2, -0.15) is 4.31 Å². The van der Waals surface area contributed by atoms with E-state index in [1.54, 1.807) is 13.2 Å².